The van der Waals surface area contributed by atoms with Crippen LogP contribution in [0.3, 0.4) is 0 Å². The molecule has 18 heavy (non-hydrogen) atoms. The van der Waals surface area contributed by atoms with Gasteiger partial charge >= 0.3 is 0 Å². The Balaban J connectivity index is 2.27. The minimum Gasteiger partial charge on any atom is -0.496 e. The molecule has 0 spiro atoms. The molecular formula is C12H15N3O3. The number of benzene rings is 1. The van der Waals surface area contributed by atoms with Crippen LogP contribution >= 0.6 is 0 Å². The Morgan fingerprint density at radius 2 is 2.28 bits per heavy atom. The van der Waals surface area contributed by atoms with Gasteiger partial charge in [-0.3, -0.25) is 9.59 Å². The van der Waals surface area contributed by atoms with E-state index in [9.17, 15) is 9.59 Å². The van der Waals surface area contributed by atoms with Crippen LogP contribution < -0.4 is 15.8 Å². The largest absolute Gasteiger partial charge is 0.496 e. The number of anilines is 1. The third-order valence-electron chi connectivity index (χ3n) is 2.78. The molecule has 0 radical (unpaired) electrons. The van der Waals surface area contributed by atoms with Crippen molar-refractivity contribution in [2.24, 2.45) is 0 Å². The maximum Gasteiger partial charge on any atom is 0.258 e. The molecule has 1 aromatic rings. The molecule has 6 nitrogen and oxygen atoms in total. The lowest BCUT2D eigenvalue weighted by Crippen LogP contribution is -2.50. The van der Waals surface area contributed by atoms with Crippen molar-refractivity contribution in [2.75, 3.05) is 32.5 Å². The van der Waals surface area contributed by atoms with Crippen molar-refractivity contribution in [1.29, 1.82) is 0 Å². The molecule has 3 N–H and O–H groups in total. The molecule has 1 saturated heterocycles. The van der Waals surface area contributed by atoms with Gasteiger partial charge in [-0.05, 0) is 18.2 Å². The molecule has 0 aromatic heterocycles. The highest BCUT2D eigenvalue weighted by Gasteiger charge is 2.24. The van der Waals surface area contributed by atoms with Crippen molar-refractivity contribution >= 4 is 17.5 Å². The summed E-state index contributed by atoms with van der Waals surface area (Å²) in [5, 5.41) is 2.67. The molecule has 0 atom stereocenters. The number of nitrogens with two attached hydrogens (primary N) is 1. The Kier molecular flexibility index (Phi) is 3.36. The van der Waals surface area contributed by atoms with Crippen molar-refractivity contribution in [3.8, 4) is 5.75 Å². The van der Waals surface area contributed by atoms with Gasteiger partial charge in [0.2, 0.25) is 5.91 Å². The van der Waals surface area contributed by atoms with Crippen molar-refractivity contribution in [3.05, 3.63) is 23.8 Å². The van der Waals surface area contributed by atoms with Gasteiger partial charge in [-0.2, -0.15) is 0 Å². The molecule has 1 aliphatic rings. The zero-order valence-electron chi connectivity index (χ0n) is 10.1. The van der Waals surface area contributed by atoms with E-state index in [1.165, 1.54) is 12.0 Å². The van der Waals surface area contributed by atoms with Crippen molar-refractivity contribution < 1.29 is 14.3 Å². The first-order chi connectivity index (χ1) is 8.61. The zero-order valence-corrected chi connectivity index (χ0v) is 10.1. The number of nitrogens with one attached hydrogen (secondary N) is 1. The van der Waals surface area contributed by atoms with Gasteiger partial charge in [-0.15, -0.1) is 0 Å². The number of ether oxygens (including phenoxy) is 1. The normalized spacial score (nSPS) is 15.2. The molecule has 2 rings (SSSR count). The Morgan fingerprint density at radius 3 is 2.94 bits per heavy atom. The molecule has 2 amide bonds. The summed E-state index contributed by atoms with van der Waals surface area (Å²) in [6, 6.07) is 4.87. The smallest absolute Gasteiger partial charge is 0.258 e. The van der Waals surface area contributed by atoms with E-state index in [0.717, 1.165) is 0 Å². The standard InChI is InChI=1S/C12H15N3O3/c1-18-10-3-2-8(13)6-9(10)12(17)15-5-4-14-11(16)7-15/h2-3,6H,4-5,7,13H2,1H3,(H,14,16). The third-order valence-corrected chi connectivity index (χ3v) is 2.78. The molecule has 1 aromatic carbocycles. The fraction of sp³-hybridized carbons (Fsp3) is 0.333. The number of hydrogen-bond donors (Lipinski definition) is 2. The maximum absolute atomic E-state index is 12.3. The van der Waals surface area contributed by atoms with E-state index in [0.29, 0.717) is 30.1 Å². The van der Waals surface area contributed by atoms with Crippen LogP contribution in [0.4, 0.5) is 5.69 Å². The topological polar surface area (TPSA) is 84.7 Å². The lowest BCUT2D eigenvalue weighted by molar-refractivity contribution is -0.123. The molecule has 1 heterocycles. The first kappa shape index (κ1) is 12.2. The average Bonchev–Trinajstić information content (AvgIpc) is 2.38. The SMILES string of the molecule is COc1ccc(N)cc1C(=O)N1CCNC(=O)C1. The van der Waals surface area contributed by atoms with Crippen LogP contribution in [-0.2, 0) is 4.79 Å². The highest BCUT2D eigenvalue weighted by atomic mass is 16.5. The summed E-state index contributed by atoms with van der Waals surface area (Å²) in [4.78, 5) is 25.0. The third kappa shape index (κ3) is 2.37. The number of carbonyl (C=O) groups excluding carboxylic acids is 2. The molecular weight excluding hydrogens is 234 g/mol. The molecule has 0 bridgehead atoms. The second kappa shape index (κ2) is 4.95. The van der Waals surface area contributed by atoms with E-state index in [4.69, 9.17) is 10.5 Å². The van der Waals surface area contributed by atoms with Crippen molar-refractivity contribution in [3.63, 3.8) is 0 Å². The first-order valence-electron chi connectivity index (χ1n) is 5.61. The predicted molar refractivity (Wildman–Crippen MR) is 66.3 cm³/mol. The van der Waals surface area contributed by atoms with Crippen LogP contribution in [0.25, 0.3) is 0 Å². The Bertz CT molecular complexity index is 487. The number of piperazine rings is 1. The van der Waals surface area contributed by atoms with Crippen LogP contribution in [0.15, 0.2) is 18.2 Å². The second-order valence-corrected chi connectivity index (χ2v) is 4.04. The number of amides is 2. The monoisotopic (exact) mass is 249 g/mol. The van der Waals surface area contributed by atoms with E-state index in [1.54, 1.807) is 18.2 Å². The summed E-state index contributed by atoms with van der Waals surface area (Å²) < 4.78 is 5.14. The number of methoxy groups -OCH3 is 1. The molecule has 1 aliphatic heterocycles. The quantitative estimate of drug-likeness (QED) is 0.714. The van der Waals surface area contributed by atoms with E-state index >= 15 is 0 Å². The Labute approximate surface area is 105 Å². The molecule has 0 aliphatic carbocycles. The number of hydrogen-bond acceptors (Lipinski definition) is 4. The summed E-state index contributed by atoms with van der Waals surface area (Å²) in [5.41, 5.74) is 6.54. The van der Waals surface area contributed by atoms with Crippen LogP contribution in [0.1, 0.15) is 10.4 Å². The van der Waals surface area contributed by atoms with E-state index < -0.39 is 0 Å². The Hall–Kier alpha value is -2.24. The Morgan fingerprint density at radius 1 is 1.50 bits per heavy atom. The lowest BCUT2D eigenvalue weighted by atomic mass is 10.1. The van der Waals surface area contributed by atoms with Crippen LogP contribution in [0.5, 0.6) is 5.75 Å². The minimum atomic E-state index is -0.242. The van der Waals surface area contributed by atoms with Gasteiger partial charge in [-0.25, -0.2) is 0 Å². The van der Waals surface area contributed by atoms with E-state index in [-0.39, 0.29) is 18.4 Å². The van der Waals surface area contributed by atoms with Gasteiger partial charge in [0.15, 0.2) is 0 Å². The summed E-state index contributed by atoms with van der Waals surface area (Å²) in [7, 11) is 1.49. The molecule has 6 heteroatoms. The van der Waals surface area contributed by atoms with Gasteiger partial charge in [0.25, 0.3) is 5.91 Å². The fourth-order valence-electron chi connectivity index (χ4n) is 1.88. The molecule has 0 unspecified atom stereocenters. The van der Waals surface area contributed by atoms with Crippen molar-refractivity contribution in [1.82, 2.24) is 10.2 Å². The second-order valence-electron chi connectivity index (χ2n) is 4.04. The molecule has 96 valence electrons. The molecule has 0 saturated carbocycles. The summed E-state index contributed by atoms with van der Waals surface area (Å²) in [5.74, 6) is 0.0617. The van der Waals surface area contributed by atoms with Gasteiger partial charge in [0.05, 0.1) is 19.2 Å². The summed E-state index contributed by atoms with van der Waals surface area (Å²) in [6.45, 7) is 1.02. The van der Waals surface area contributed by atoms with Crippen molar-refractivity contribution in [2.45, 2.75) is 0 Å². The van der Waals surface area contributed by atoms with Crippen LogP contribution in [0.2, 0.25) is 0 Å². The number of rotatable bonds is 2. The molecule has 1 fully saturated rings. The van der Waals surface area contributed by atoms with Crippen LogP contribution in [0, 0.1) is 0 Å². The van der Waals surface area contributed by atoms with Crippen LogP contribution in [-0.4, -0.2) is 43.5 Å². The zero-order chi connectivity index (χ0) is 13.1. The van der Waals surface area contributed by atoms with E-state index in [2.05, 4.69) is 5.32 Å². The van der Waals surface area contributed by atoms with Gasteiger partial charge < -0.3 is 20.7 Å². The fourth-order valence-corrected chi connectivity index (χ4v) is 1.88. The average molecular weight is 249 g/mol. The van der Waals surface area contributed by atoms with Gasteiger partial charge in [0, 0.05) is 18.8 Å². The number of nitrogen functional groups attached to an aromatic ring is 1. The maximum atomic E-state index is 12.3. The van der Waals surface area contributed by atoms with Gasteiger partial charge in [0.1, 0.15) is 5.75 Å². The lowest BCUT2D eigenvalue weighted by Gasteiger charge is -2.27. The summed E-state index contributed by atoms with van der Waals surface area (Å²) >= 11 is 0. The van der Waals surface area contributed by atoms with E-state index in [1.807, 2.05) is 0 Å². The first-order valence-corrected chi connectivity index (χ1v) is 5.61. The predicted octanol–water partition coefficient (Wildman–Crippen LogP) is -0.151. The summed E-state index contributed by atoms with van der Waals surface area (Å²) in [6.07, 6.45) is 0. The number of nitrogens with zero attached hydrogens (tertiary/aromatic N) is 1. The minimum absolute atomic E-state index is 0.0663. The number of carbonyl (C=O) groups is 2. The highest BCUT2D eigenvalue weighted by molar-refractivity contribution is 6.00. The van der Waals surface area contributed by atoms with Gasteiger partial charge in [-0.1, -0.05) is 0 Å². The highest BCUT2D eigenvalue weighted by Crippen LogP contribution is 2.22.